The van der Waals surface area contributed by atoms with Gasteiger partial charge in [0.1, 0.15) is 4.92 Å². The number of hydrogen-bond acceptors (Lipinski definition) is 4. The summed E-state index contributed by atoms with van der Waals surface area (Å²) in [5, 5.41) is 12.8. The van der Waals surface area contributed by atoms with E-state index in [0.717, 1.165) is 6.07 Å². The highest BCUT2D eigenvalue weighted by molar-refractivity contribution is 9.09. The highest BCUT2D eigenvalue weighted by atomic mass is 79.9. The molecule has 7 heteroatoms. The lowest BCUT2D eigenvalue weighted by atomic mass is 10.4. The van der Waals surface area contributed by atoms with Crippen LogP contribution in [0, 0.1) is 10.1 Å². The van der Waals surface area contributed by atoms with Gasteiger partial charge in [0.15, 0.2) is 5.76 Å². The van der Waals surface area contributed by atoms with Gasteiger partial charge in [-0.1, -0.05) is 22.9 Å². The summed E-state index contributed by atoms with van der Waals surface area (Å²) in [5.41, 5.74) is 0. The summed E-state index contributed by atoms with van der Waals surface area (Å²) in [4.78, 5) is 21.1. The normalized spacial score (nSPS) is 12.1. The van der Waals surface area contributed by atoms with Crippen LogP contribution in [-0.2, 0) is 0 Å². The fourth-order valence-corrected chi connectivity index (χ4v) is 1.03. The molecular formula is C8H9BrN2O4. The molecule has 0 radical (unpaired) electrons. The molecule has 0 bridgehead atoms. The SMILES string of the molecule is CC(Br)CNC(=O)c1ccc([N+](=O)[O-])o1. The number of halogens is 1. The molecule has 0 aromatic carbocycles. The number of alkyl halides is 1. The summed E-state index contributed by atoms with van der Waals surface area (Å²) >= 11 is 3.25. The Bertz CT molecular complexity index is 374. The molecule has 0 aliphatic carbocycles. The molecule has 0 aliphatic heterocycles. The number of carbonyl (C=O) groups excluding carboxylic acids is 1. The fraction of sp³-hybridized carbons (Fsp3) is 0.375. The Morgan fingerprint density at radius 2 is 2.40 bits per heavy atom. The molecule has 1 amide bonds. The Hall–Kier alpha value is -1.37. The van der Waals surface area contributed by atoms with Crippen LogP contribution in [0.3, 0.4) is 0 Å². The standard InChI is InChI=1S/C8H9BrN2O4/c1-5(9)4-10-8(12)6-2-3-7(15-6)11(13)14/h2-3,5H,4H2,1H3,(H,10,12). The molecule has 1 atom stereocenters. The second-order valence-corrected chi connectivity index (χ2v) is 4.45. The zero-order valence-corrected chi connectivity index (χ0v) is 9.48. The van der Waals surface area contributed by atoms with Gasteiger partial charge in [-0.3, -0.25) is 14.9 Å². The van der Waals surface area contributed by atoms with E-state index in [4.69, 9.17) is 4.42 Å². The third-order valence-electron chi connectivity index (χ3n) is 1.54. The molecule has 1 heterocycles. The molecular weight excluding hydrogens is 268 g/mol. The predicted molar refractivity (Wildman–Crippen MR) is 56.1 cm³/mol. The lowest BCUT2D eigenvalue weighted by Gasteiger charge is -2.03. The maximum absolute atomic E-state index is 11.3. The van der Waals surface area contributed by atoms with Crippen LogP contribution in [0.1, 0.15) is 17.5 Å². The highest BCUT2D eigenvalue weighted by Crippen LogP contribution is 2.15. The van der Waals surface area contributed by atoms with Crippen LogP contribution < -0.4 is 5.32 Å². The molecule has 1 N–H and O–H groups in total. The van der Waals surface area contributed by atoms with Gasteiger partial charge in [-0.15, -0.1) is 0 Å². The highest BCUT2D eigenvalue weighted by Gasteiger charge is 2.16. The van der Waals surface area contributed by atoms with Crippen LogP contribution >= 0.6 is 15.9 Å². The molecule has 0 spiro atoms. The van der Waals surface area contributed by atoms with E-state index in [0.29, 0.717) is 6.54 Å². The van der Waals surface area contributed by atoms with Crippen molar-refractivity contribution in [1.29, 1.82) is 0 Å². The van der Waals surface area contributed by atoms with Gasteiger partial charge in [-0.2, -0.15) is 0 Å². The summed E-state index contributed by atoms with van der Waals surface area (Å²) in [5.74, 6) is -0.962. The molecule has 1 aromatic rings. The van der Waals surface area contributed by atoms with Crippen LogP contribution in [0.2, 0.25) is 0 Å². The van der Waals surface area contributed by atoms with Crippen molar-refractivity contribution in [2.24, 2.45) is 0 Å². The minimum absolute atomic E-state index is 0.0603. The van der Waals surface area contributed by atoms with E-state index >= 15 is 0 Å². The zero-order chi connectivity index (χ0) is 11.4. The fourth-order valence-electron chi connectivity index (χ4n) is 0.868. The first-order valence-electron chi connectivity index (χ1n) is 4.17. The molecule has 15 heavy (non-hydrogen) atoms. The molecule has 0 saturated heterocycles. The van der Waals surface area contributed by atoms with Gasteiger partial charge in [0.2, 0.25) is 0 Å². The maximum atomic E-state index is 11.3. The van der Waals surface area contributed by atoms with Crippen molar-refractivity contribution in [2.75, 3.05) is 6.54 Å². The average molecular weight is 277 g/mol. The van der Waals surface area contributed by atoms with E-state index in [1.54, 1.807) is 0 Å². The largest absolute Gasteiger partial charge is 0.433 e. The summed E-state index contributed by atoms with van der Waals surface area (Å²) in [7, 11) is 0. The van der Waals surface area contributed by atoms with Crippen molar-refractivity contribution in [1.82, 2.24) is 5.32 Å². The Balaban J connectivity index is 2.62. The van der Waals surface area contributed by atoms with Gasteiger partial charge in [0, 0.05) is 11.4 Å². The summed E-state index contributed by atoms with van der Waals surface area (Å²) in [6, 6.07) is 2.42. The quantitative estimate of drug-likeness (QED) is 0.515. The van der Waals surface area contributed by atoms with Crippen molar-refractivity contribution in [2.45, 2.75) is 11.8 Å². The lowest BCUT2D eigenvalue weighted by molar-refractivity contribution is -0.402. The second-order valence-electron chi connectivity index (χ2n) is 2.89. The van der Waals surface area contributed by atoms with Crippen LogP contribution in [0.4, 0.5) is 5.88 Å². The van der Waals surface area contributed by atoms with Gasteiger partial charge in [0.25, 0.3) is 5.91 Å². The minimum Gasteiger partial charge on any atom is -0.395 e. The number of nitro groups is 1. The first kappa shape index (κ1) is 11.7. The van der Waals surface area contributed by atoms with Crippen LogP contribution in [0.5, 0.6) is 0 Å². The summed E-state index contributed by atoms with van der Waals surface area (Å²) < 4.78 is 4.71. The topological polar surface area (TPSA) is 85.4 Å². The number of rotatable bonds is 4. The van der Waals surface area contributed by atoms with Gasteiger partial charge >= 0.3 is 5.88 Å². The zero-order valence-electron chi connectivity index (χ0n) is 7.90. The number of carbonyl (C=O) groups is 1. The summed E-state index contributed by atoms with van der Waals surface area (Å²) in [6.07, 6.45) is 0. The van der Waals surface area contributed by atoms with E-state index in [-0.39, 0.29) is 10.6 Å². The molecule has 1 unspecified atom stereocenters. The first-order chi connectivity index (χ1) is 7.00. The smallest absolute Gasteiger partial charge is 0.395 e. The number of amides is 1. The van der Waals surface area contributed by atoms with Gasteiger partial charge in [-0.05, 0) is 6.07 Å². The molecule has 1 aromatic heterocycles. The first-order valence-corrected chi connectivity index (χ1v) is 5.08. The van der Waals surface area contributed by atoms with E-state index in [2.05, 4.69) is 21.2 Å². The Labute approximate surface area is 93.9 Å². The summed E-state index contributed by atoms with van der Waals surface area (Å²) in [6.45, 7) is 2.29. The average Bonchev–Trinajstić information content (AvgIpc) is 2.62. The Kier molecular flexibility index (Phi) is 3.84. The van der Waals surface area contributed by atoms with E-state index < -0.39 is 16.7 Å². The van der Waals surface area contributed by atoms with E-state index in [1.165, 1.54) is 6.07 Å². The van der Waals surface area contributed by atoms with E-state index in [1.807, 2.05) is 6.92 Å². The number of nitrogens with one attached hydrogen (secondary N) is 1. The van der Waals surface area contributed by atoms with Crippen molar-refractivity contribution in [3.8, 4) is 0 Å². The van der Waals surface area contributed by atoms with Crippen molar-refractivity contribution in [3.05, 3.63) is 28.0 Å². The molecule has 0 fully saturated rings. The van der Waals surface area contributed by atoms with Gasteiger partial charge < -0.3 is 9.73 Å². The predicted octanol–water partition coefficient (Wildman–Crippen LogP) is 1.70. The van der Waals surface area contributed by atoms with Crippen LogP contribution in [-0.4, -0.2) is 22.2 Å². The molecule has 6 nitrogen and oxygen atoms in total. The minimum atomic E-state index is -0.691. The van der Waals surface area contributed by atoms with Gasteiger partial charge in [-0.25, -0.2) is 0 Å². The molecule has 82 valence electrons. The maximum Gasteiger partial charge on any atom is 0.433 e. The monoisotopic (exact) mass is 276 g/mol. The molecule has 1 rings (SSSR count). The molecule has 0 saturated carbocycles. The third-order valence-corrected chi connectivity index (χ3v) is 1.86. The van der Waals surface area contributed by atoms with Crippen LogP contribution in [0.15, 0.2) is 16.5 Å². The number of nitrogens with zero attached hydrogens (tertiary/aromatic N) is 1. The number of furan rings is 1. The van der Waals surface area contributed by atoms with Crippen molar-refractivity contribution < 1.29 is 14.1 Å². The van der Waals surface area contributed by atoms with Crippen molar-refractivity contribution in [3.63, 3.8) is 0 Å². The van der Waals surface area contributed by atoms with E-state index in [9.17, 15) is 14.9 Å². The molecule has 0 aliphatic rings. The third kappa shape index (κ3) is 3.35. The lowest BCUT2D eigenvalue weighted by Crippen LogP contribution is -2.27. The second kappa shape index (κ2) is 4.92. The Morgan fingerprint density at radius 1 is 1.73 bits per heavy atom. The van der Waals surface area contributed by atoms with Crippen molar-refractivity contribution >= 4 is 27.7 Å². The van der Waals surface area contributed by atoms with Crippen LogP contribution in [0.25, 0.3) is 0 Å². The number of hydrogen-bond donors (Lipinski definition) is 1. The Morgan fingerprint density at radius 3 is 2.87 bits per heavy atom. The van der Waals surface area contributed by atoms with Gasteiger partial charge in [0.05, 0.1) is 6.07 Å².